The Bertz CT molecular complexity index is 275. The fourth-order valence-corrected chi connectivity index (χ4v) is 3.07. The number of hydrogen-bond donors (Lipinski definition) is 1. The number of nitrogens with two attached hydrogens (primary N) is 1. The average molecular weight is 209 g/mol. The van der Waals surface area contributed by atoms with Crippen LogP contribution in [0.2, 0.25) is 0 Å². The molecule has 0 aliphatic heterocycles. The largest absolute Gasteiger partial charge is 0.469 e. The zero-order valence-corrected chi connectivity index (χ0v) is 9.19. The van der Waals surface area contributed by atoms with Crippen LogP contribution in [0.4, 0.5) is 0 Å². The third kappa shape index (κ3) is 2.07. The van der Waals surface area contributed by atoms with Gasteiger partial charge in [-0.05, 0) is 43.1 Å². The fourth-order valence-electron chi connectivity index (χ4n) is 3.07. The van der Waals surface area contributed by atoms with Crippen LogP contribution < -0.4 is 5.73 Å². The predicted octanol–water partition coefficient (Wildman–Crippen LogP) is 1.34. The highest BCUT2D eigenvalue weighted by Gasteiger charge is 2.40. The van der Waals surface area contributed by atoms with Gasteiger partial charge in [0.2, 0.25) is 0 Å². The molecule has 1 fully saturated rings. The zero-order valence-electron chi connectivity index (χ0n) is 9.19. The number of methoxy groups -OCH3 is 1. The van der Waals surface area contributed by atoms with Crippen LogP contribution in [-0.4, -0.2) is 19.6 Å². The fraction of sp³-hybridized carbons (Fsp3) is 0.750. The molecule has 1 saturated carbocycles. The normalized spacial score (nSPS) is 34.4. The van der Waals surface area contributed by atoms with Gasteiger partial charge in [0.25, 0.3) is 0 Å². The monoisotopic (exact) mass is 209 g/mol. The topological polar surface area (TPSA) is 52.3 Å². The molecule has 2 aliphatic carbocycles. The van der Waals surface area contributed by atoms with Crippen molar-refractivity contribution >= 4 is 5.97 Å². The quantitative estimate of drug-likeness (QED) is 0.561. The summed E-state index contributed by atoms with van der Waals surface area (Å²) < 4.78 is 4.71. The lowest BCUT2D eigenvalue weighted by Crippen LogP contribution is -2.29. The lowest BCUT2D eigenvalue weighted by molar-refractivity contribution is -0.142. The summed E-state index contributed by atoms with van der Waals surface area (Å²) in [5.74, 6) is 2.18. The first-order valence-corrected chi connectivity index (χ1v) is 5.69. The van der Waals surface area contributed by atoms with Crippen LogP contribution in [0.5, 0.6) is 0 Å². The smallest absolute Gasteiger partial charge is 0.305 e. The molecule has 2 rings (SSSR count). The average Bonchev–Trinajstić information content (AvgIpc) is 2.86. The minimum Gasteiger partial charge on any atom is -0.469 e. The Hall–Kier alpha value is -0.830. The number of ether oxygens (including phenoxy) is 1. The van der Waals surface area contributed by atoms with Gasteiger partial charge in [-0.15, -0.1) is 0 Å². The molecule has 2 N–H and O–H groups in total. The molecule has 0 spiro atoms. The number of fused-ring (bicyclic) bond motifs is 2. The van der Waals surface area contributed by atoms with E-state index < -0.39 is 0 Å². The van der Waals surface area contributed by atoms with Crippen molar-refractivity contribution < 1.29 is 9.53 Å². The maximum atomic E-state index is 11.2. The number of esters is 1. The molecule has 4 unspecified atom stereocenters. The van der Waals surface area contributed by atoms with Gasteiger partial charge in [-0.2, -0.15) is 0 Å². The Morgan fingerprint density at radius 1 is 1.53 bits per heavy atom. The van der Waals surface area contributed by atoms with Gasteiger partial charge in [0.05, 0.1) is 7.11 Å². The number of rotatable bonds is 4. The molecule has 84 valence electrons. The number of carbonyl (C=O) groups excluding carboxylic acids is 1. The molecule has 0 aromatic carbocycles. The predicted molar refractivity (Wildman–Crippen MR) is 58.0 cm³/mol. The lowest BCUT2D eigenvalue weighted by Gasteiger charge is -2.26. The van der Waals surface area contributed by atoms with E-state index in [0.717, 1.165) is 5.92 Å². The molecule has 0 heterocycles. The van der Waals surface area contributed by atoms with Crippen LogP contribution in [0.25, 0.3) is 0 Å². The molecular formula is C12H19NO2. The summed E-state index contributed by atoms with van der Waals surface area (Å²) in [5.41, 5.74) is 5.76. The summed E-state index contributed by atoms with van der Waals surface area (Å²) >= 11 is 0. The van der Waals surface area contributed by atoms with Crippen molar-refractivity contribution in [1.29, 1.82) is 0 Å². The number of hydrogen-bond acceptors (Lipinski definition) is 3. The van der Waals surface area contributed by atoms with E-state index >= 15 is 0 Å². The first-order chi connectivity index (χ1) is 7.24. The summed E-state index contributed by atoms with van der Waals surface area (Å²) in [7, 11) is 1.44. The zero-order chi connectivity index (χ0) is 10.8. The summed E-state index contributed by atoms with van der Waals surface area (Å²) in [4.78, 5) is 11.2. The number of allylic oxidation sites excluding steroid dienone is 2. The van der Waals surface area contributed by atoms with Crippen LogP contribution in [0.3, 0.4) is 0 Å². The third-order valence-electron chi connectivity index (χ3n) is 3.90. The summed E-state index contributed by atoms with van der Waals surface area (Å²) in [5, 5.41) is 0. The first-order valence-electron chi connectivity index (χ1n) is 5.69. The molecule has 15 heavy (non-hydrogen) atoms. The van der Waals surface area contributed by atoms with E-state index in [2.05, 4.69) is 12.2 Å². The summed E-state index contributed by atoms with van der Waals surface area (Å²) in [6, 6.07) is 0. The van der Waals surface area contributed by atoms with Crippen molar-refractivity contribution in [3.63, 3.8) is 0 Å². The Labute approximate surface area is 90.7 Å². The Morgan fingerprint density at radius 3 is 2.80 bits per heavy atom. The molecule has 0 radical (unpaired) electrons. The molecule has 4 atom stereocenters. The SMILES string of the molecule is COC(=O)CC(CN)C1CC2C=CC1C2. The van der Waals surface area contributed by atoms with Gasteiger partial charge in [0.15, 0.2) is 0 Å². The molecular weight excluding hydrogens is 190 g/mol. The lowest BCUT2D eigenvalue weighted by atomic mass is 9.80. The summed E-state index contributed by atoms with van der Waals surface area (Å²) in [6.45, 7) is 0.594. The Balaban J connectivity index is 1.95. The highest BCUT2D eigenvalue weighted by Crippen LogP contribution is 2.47. The van der Waals surface area contributed by atoms with Gasteiger partial charge in [0.1, 0.15) is 0 Å². The maximum Gasteiger partial charge on any atom is 0.305 e. The van der Waals surface area contributed by atoms with Crippen molar-refractivity contribution in [3.05, 3.63) is 12.2 Å². The van der Waals surface area contributed by atoms with Crippen LogP contribution >= 0.6 is 0 Å². The minimum absolute atomic E-state index is 0.128. The molecule has 3 heteroatoms. The van der Waals surface area contributed by atoms with E-state index in [1.807, 2.05) is 0 Å². The standard InChI is InChI=1S/C12H19NO2/c1-15-12(14)6-10(7-13)11-5-8-2-3-9(11)4-8/h2-3,8-11H,4-7,13H2,1H3. The van der Waals surface area contributed by atoms with E-state index in [1.54, 1.807) is 0 Å². The van der Waals surface area contributed by atoms with Crippen molar-refractivity contribution in [1.82, 2.24) is 0 Å². The molecule has 3 nitrogen and oxygen atoms in total. The van der Waals surface area contributed by atoms with Gasteiger partial charge in [0, 0.05) is 6.42 Å². The van der Waals surface area contributed by atoms with Gasteiger partial charge >= 0.3 is 5.97 Å². The highest BCUT2D eigenvalue weighted by molar-refractivity contribution is 5.69. The van der Waals surface area contributed by atoms with Crippen LogP contribution in [-0.2, 0) is 9.53 Å². The number of carbonyl (C=O) groups is 1. The van der Waals surface area contributed by atoms with Gasteiger partial charge in [-0.25, -0.2) is 0 Å². The van der Waals surface area contributed by atoms with Crippen molar-refractivity contribution in [3.8, 4) is 0 Å². The highest BCUT2D eigenvalue weighted by atomic mass is 16.5. The van der Waals surface area contributed by atoms with Crippen molar-refractivity contribution in [2.75, 3.05) is 13.7 Å². The second-order valence-electron chi connectivity index (χ2n) is 4.72. The summed E-state index contributed by atoms with van der Waals surface area (Å²) in [6.07, 6.45) is 7.57. The molecule has 2 bridgehead atoms. The van der Waals surface area contributed by atoms with Crippen LogP contribution in [0, 0.1) is 23.7 Å². The molecule has 0 aromatic rings. The van der Waals surface area contributed by atoms with Gasteiger partial charge < -0.3 is 10.5 Å². The van der Waals surface area contributed by atoms with Crippen molar-refractivity contribution in [2.45, 2.75) is 19.3 Å². The van der Waals surface area contributed by atoms with Gasteiger partial charge in [-0.1, -0.05) is 12.2 Å². The second-order valence-corrected chi connectivity index (χ2v) is 4.72. The van der Waals surface area contributed by atoms with E-state index in [9.17, 15) is 4.79 Å². The van der Waals surface area contributed by atoms with E-state index in [1.165, 1.54) is 20.0 Å². The van der Waals surface area contributed by atoms with E-state index in [-0.39, 0.29) is 5.97 Å². The molecule has 2 aliphatic rings. The van der Waals surface area contributed by atoms with E-state index in [0.29, 0.717) is 30.7 Å². The Kier molecular flexibility index (Phi) is 3.10. The van der Waals surface area contributed by atoms with Crippen molar-refractivity contribution in [2.24, 2.45) is 29.4 Å². The Morgan fingerprint density at radius 2 is 2.33 bits per heavy atom. The molecule has 0 amide bonds. The van der Waals surface area contributed by atoms with E-state index in [4.69, 9.17) is 10.5 Å². The molecule has 0 saturated heterocycles. The van der Waals surface area contributed by atoms with Crippen LogP contribution in [0.15, 0.2) is 12.2 Å². The first kappa shape index (κ1) is 10.7. The molecule has 0 aromatic heterocycles. The third-order valence-corrected chi connectivity index (χ3v) is 3.90. The maximum absolute atomic E-state index is 11.2. The van der Waals surface area contributed by atoms with Crippen LogP contribution in [0.1, 0.15) is 19.3 Å². The minimum atomic E-state index is -0.128. The van der Waals surface area contributed by atoms with Gasteiger partial charge in [-0.3, -0.25) is 4.79 Å². The second kappa shape index (κ2) is 4.35.